The van der Waals surface area contributed by atoms with Gasteiger partial charge in [0.15, 0.2) is 0 Å². The van der Waals surface area contributed by atoms with Gasteiger partial charge in [-0.25, -0.2) is 0 Å². The lowest BCUT2D eigenvalue weighted by Crippen LogP contribution is -1.83. The van der Waals surface area contributed by atoms with Crippen LogP contribution in [0.1, 0.15) is 0 Å². The fourth-order valence-electron chi connectivity index (χ4n) is 1.20. The van der Waals surface area contributed by atoms with Gasteiger partial charge in [-0.2, -0.15) is 0 Å². The van der Waals surface area contributed by atoms with Gasteiger partial charge in [-0.15, -0.1) is 5.10 Å². The van der Waals surface area contributed by atoms with Gasteiger partial charge in [-0.1, -0.05) is 17.3 Å². The van der Waals surface area contributed by atoms with E-state index in [4.69, 9.17) is 0 Å². The summed E-state index contributed by atoms with van der Waals surface area (Å²) in [7, 11) is 0. The first-order valence-electron chi connectivity index (χ1n) is 5.09. The van der Waals surface area contributed by atoms with Crippen molar-refractivity contribution in [3.63, 3.8) is 0 Å². The molecule has 3 aromatic rings. The lowest BCUT2D eigenvalue weighted by atomic mass is 10.2. The molecule has 0 aliphatic heterocycles. The highest BCUT2D eigenvalue weighted by Crippen LogP contribution is 2.10. The van der Waals surface area contributed by atoms with Gasteiger partial charge in [0.05, 0.1) is 17.6 Å². The Hall–Kier alpha value is -2.56. The van der Waals surface area contributed by atoms with Gasteiger partial charge < -0.3 is 0 Å². The lowest BCUT2D eigenvalue weighted by Gasteiger charge is -1.96. The number of hydrogen-bond donors (Lipinski definition) is 1. The number of rotatable bonds is 1. The average Bonchev–Trinajstić information content (AvgIpc) is 3.00. The number of nitrogens with one attached hydrogen (secondary N) is 1. The molecule has 3 rings (SSSR count). The Labute approximate surface area is 98.6 Å². The summed E-state index contributed by atoms with van der Waals surface area (Å²) in [6.07, 6.45) is 6.77. The van der Waals surface area contributed by atoms with E-state index in [9.17, 15) is 0 Å². The Morgan fingerprint density at radius 2 is 1.41 bits per heavy atom. The first-order chi connectivity index (χ1) is 8.47. The second-order valence-corrected chi connectivity index (χ2v) is 3.09. The molecule has 1 N–H and O–H groups in total. The minimum absolute atomic E-state index is 0.915. The summed E-state index contributed by atoms with van der Waals surface area (Å²) in [4.78, 5) is 8.37. The van der Waals surface area contributed by atoms with Crippen molar-refractivity contribution < 1.29 is 0 Å². The van der Waals surface area contributed by atoms with Crippen molar-refractivity contribution in [1.82, 2.24) is 25.4 Å². The normalized spacial score (nSPS) is 9.18. The minimum Gasteiger partial charge on any atom is -0.266 e. The van der Waals surface area contributed by atoms with Gasteiger partial charge in [0.25, 0.3) is 0 Å². The highest BCUT2D eigenvalue weighted by atomic mass is 15.3. The number of hydrogen-bond acceptors (Lipinski definition) is 4. The first kappa shape index (κ1) is 10.9. The third kappa shape index (κ3) is 3.49. The van der Waals surface area contributed by atoms with E-state index >= 15 is 0 Å². The molecule has 3 aromatic heterocycles. The van der Waals surface area contributed by atoms with Crippen molar-refractivity contribution in [2.45, 2.75) is 0 Å². The predicted molar refractivity (Wildman–Crippen MR) is 63.9 cm³/mol. The second kappa shape index (κ2) is 6.12. The molecule has 5 nitrogen and oxygen atoms in total. The molecule has 84 valence electrons. The summed E-state index contributed by atoms with van der Waals surface area (Å²) in [6, 6.07) is 11.6. The Balaban J connectivity index is 0.000000181. The van der Waals surface area contributed by atoms with Gasteiger partial charge in [0, 0.05) is 18.6 Å². The summed E-state index contributed by atoms with van der Waals surface area (Å²) >= 11 is 0. The predicted octanol–water partition coefficient (Wildman–Crippen LogP) is 1.95. The number of H-pyrrole nitrogens is 1. The molecule has 0 unspecified atom stereocenters. The summed E-state index contributed by atoms with van der Waals surface area (Å²) in [5, 5.41) is 9.26. The molecular weight excluding hydrogens is 214 g/mol. The number of aromatic amines is 1. The van der Waals surface area contributed by atoms with E-state index < -0.39 is 0 Å². The zero-order valence-corrected chi connectivity index (χ0v) is 9.06. The summed E-state index contributed by atoms with van der Waals surface area (Å²) in [5.74, 6) is 0. The van der Waals surface area contributed by atoms with Gasteiger partial charge in [0.2, 0.25) is 0 Å². The second-order valence-electron chi connectivity index (χ2n) is 3.09. The topological polar surface area (TPSA) is 67.3 Å². The fraction of sp³-hybridized carbons (Fsp3) is 0. The Kier molecular flexibility index (Phi) is 3.94. The van der Waals surface area contributed by atoms with Crippen molar-refractivity contribution in [1.29, 1.82) is 0 Å². The fourth-order valence-corrected chi connectivity index (χ4v) is 1.20. The maximum atomic E-state index is 4.19. The molecular formula is C12H11N5. The van der Waals surface area contributed by atoms with Crippen LogP contribution in [-0.4, -0.2) is 25.4 Å². The highest BCUT2D eigenvalue weighted by Gasteiger charge is 1.95. The molecule has 0 spiro atoms. The van der Waals surface area contributed by atoms with Crippen LogP contribution in [0.3, 0.4) is 0 Å². The van der Waals surface area contributed by atoms with Crippen LogP contribution in [0.15, 0.2) is 61.2 Å². The molecule has 0 saturated carbocycles. The van der Waals surface area contributed by atoms with Crippen LogP contribution in [0.4, 0.5) is 0 Å². The van der Waals surface area contributed by atoms with Gasteiger partial charge >= 0.3 is 0 Å². The zero-order valence-electron chi connectivity index (χ0n) is 9.06. The summed E-state index contributed by atoms with van der Waals surface area (Å²) in [6.45, 7) is 0. The van der Waals surface area contributed by atoms with E-state index in [2.05, 4.69) is 25.4 Å². The molecule has 0 aliphatic rings. The van der Waals surface area contributed by atoms with E-state index in [-0.39, 0.29) is 0 Å². The van der Waals surface area contributed by atoms with Crippen LogP contribution < -0.4 is 0 Å². The van der Waals surface area contributed by atoms with E-state index in [1.807, 2.05) is 36.4 Å². The summed E-state index contributed by atoms with van der Waals surface area (Å²) in [5.41, 5.74) is 1.83. The van der Waals surface area contributed by atoms with E-state index in [0.717, 1.165) is 11.4 Å². The SMILES string of the molecule is c1c[nH]nn1.c1ccc(-c2ccccn2)nc1. The van der Waals surface area contributed by atoms with Crippen molar-refractivity contribution in [2.24, 2.45) is 0 Å². The third-order valence-electron chi connectivity index (χ3n) is 1.92. The molecule has 5 heteroatoms. The molecule has 17 heavy (non-hydrogen) atoms. The smallest absolute Gasteiger partial charge is 0.0886 e. The molecule has 0 saturated heterocycles. The van der Waals surface area contributed by atoms with Crippen molar-refractivity contribution in [2.75, 3.05) is 0 Å². The molecule has 0 amide bonds. The van der Waals surface area contributed by atoms with Crippen molar-refractivity contribution in [3.05, 3.63) is 61.2 Å². The molecule has 0 aliphatic carbocycles. The van der Waals surface area contributed by atoms with Crippen LogP contribution in [0.2, 0.25) is 0 Å². The van der Waals surface area contributed by atoms with Crippen molar-refractivity contribution in [3.8, 4) is 11.4 Å². The largest absolute Gasteiger partial charge is 0.266 e. The highest BCUT2D eigenvalue weighted by molar-refractivity contribution is 5.52. The van der Waals surface area contributed by atoms with Crippen LogP contribution >= 0.6 is 0 Å². The minimum atomic E-state index is 0.915. The van der Waals surface area contributed by atoms with Gasteiger partial charge in [-0.3, -0.25) is 15.1 Å². The third-order valence-corrected chi connectivity index (χ3v) is 1.92. The molecule has 0 radical (unpaired) electrons. The molecule has 0 atom stereocenters. The number of pyridine rings is 2. The van der Waals surface area contributed by atoms with Gasteiger partial charge in [0.1, 0.15) is 0 Å². The maximum absolute atomic E-state index is 4.19. The monoisotopic (exact) mass is 225 g/mol. The van der Waals surface area contributed by atoms with Crippen LogP contribution in [-0.2, 0) is 0 Å². The quantitative estimate of drug-likeness (QED) is 0.687. The maximum Gasteiger partial charge on any atom is 0.0886 e. The van der Waals surface area contributed by atoms with E-state index in [0.29, 0.717) is 0 Å². The number of nitrogens with zero attached hydrogens (tertiary/aromatic N) is 4. The average molecular weight is 225 g/mol. The number of aromatic nitrogens is 5. The molecule has 0 aromatic carbocycles. The van der Waals surface area contributed by atoms with Crippen LogP contribution in [0.25, 0.3) is 11.4 Å². The molecule has 0 fully saturated rings. The lowest BCUT2D eigenvalue weighted by molar-refractivity contribution is 0.940. The van der Waals surface area contributed by atoms with Crippen LogP contribution in [0.5, 0.6) is 0 Å². The van der Waals surface area contributed by atoms with Gasteiger partial charge in [-0.05, 0) is 24.3 Å². The Morgan fingerprint density at radius 3 is 1.71 bits per heavy atom. The Morgan fingerprint density at radius 1 is 0.765 bits per heavy atom. The summed E-state index contributed by atoms with van der Waals surface area (Å²) < 4.78 is 0. The molecule has 3 heterocycles. The first-order valence-corrected chi connectivity index (χ1v) is 5.09. The molecule has 0 bridgehead atoms. The van der Waals surface area contributed by atoms with Crippen LogP contribution in [0, 0.1) is 0 Å². The van der Waals surface area contributed by atoms with E-state index in [1.54, 1.807) is 24.8 Å². The van der Waals surface area contributed by atoms with Crippen molar-refractivity contribution >= 4 is 0 Å². The van der Waals surface area contributed by atoms with E-state index in [1.165, 1.54) is 0 Å². The Bertz CT molecular complexity index is 452. The zero-order chi connectivity index (χ0) is 11.8. The standard InChI is InChI=1S/C10H8N2.C2H3N3/c1-3-7-11-9(5-1)10-6-2-4-8-12-10;1-2-4-5-3-1/h1-8H;1-2H,(H,3,4,5).